The molecular formula is C34H29N9O3S. The average molecular weight is 644 g/mol. The SMILES string of the molecule is O=C(c1ccc(CSc2nc3ccccc3[nH]2)cc1)N1CCn2ncc(-c3cn(Cc4ccc(-c5ocnc5CO)cc4)nn3)c2C1. The van der Waals surface area contributed by atoms with E-state index in [1.807, 2.05) is 88.6 Å². The first kappa shape index (κ1) is 28.9. The number of oxazole rings is 1. The van der Waals surface area contributed by atoms with Gasteiger partial charge in [0, 0.05) is 29.0 Å². The van der Waals surface area contributed by atoms with Crippen molar-refractivity contribution in [3.8, 4) is 22.6 Å². The molecular weight excluding hydrogens is 615 g/mol. The quantitative estimate of drug-likeness (QED) is 0.204. The molecule has 7 aromatic rings. The number of aliphatic hydroxyl groups is 1. The van der Waals surface area contributed by atoms with Crippen LogP contribution in [0.15, 0.2) is 101 Å². The van der Waals surface area contributed by atoms with Crippen molar-refractivity contribution in [1.82, 2.24) is 44.6 Å². The van der Waals surface area contributed by atoms with Crippen molar-refractivity contribution in [3.05, 3.63) is 120 Å². The molecule has 1 amide bonds. The molecule has 234 valence electrons. The van der Waals surface area contributed by atoms with Crippen LogP contribution < -0.4 is 0 Å². The second-order valence-corrected chi connectivity index (χ2v) is 12.2. The van der Waals surface area contributed by atoms with Gasteiger partial charge in [-0.3, -0.25) is 9.48 Å². The van der Waals surface area contributed by atoms with Crippen molar-refractivity contribution in [3.63, 3.8) is 0 Å². The van der Waals surface area contributed by atoms with Crippen LogP contribution >= 0.6 is 11.8 Å². The molecule has 47 heavy (non-hydrogen) atoms. The fourth-order valence-corrected chi connectivity index (χ4v) is 6.61. The Morgan fingerprint density at radius 2 is 1.83 bits per heavy atom. The van der Waals surface area contributed by atoms with Crippen molar-refractivity contribution in [1.29, 1.82) is 0 Å². The van der Waals surface area contributed by atoms with Crippen molar-refractivity contribution in [2.75, 3.05) is 6.54 Å². The van der Waals surface area contributed by atoms with Gasteiger partial charge in [0.05, 0.1) is 55.4 Å². The van der Waals surface area contributed by atoms with Crippen LogP contribution in [0.2, 0.25) is 0 Å². The molecule has 4 aromatic heterocycles. The lowest BCUT2D eigenvalue weighted by Crippen LogP contribution is -2.38. The highest BCUT2D eigenvalue weighted by Crippen LogP contribution is 2.28. The zero-order valence-electron chi connectivity index (χ0n) is 25.2. The van der Waals surface area contributed by atoms with Gasteiger partial charge in [-0.2, -0.15) is 5.10 Å². The summed E-state index contributed by atoms with van der Waals surface area (Å²) in [6.45, 7) is 1.96. The van der Waals surface area contributed by atoms with E-state index in [1.165, 1.54) is 6.39 Å². The number of amides is 1. The number of nitrogens with zero attached hydrogens (tertiary/aromatic N) is 8. The molecule has 0 radical (unpaired) electrons. The van der Waals surface area contributed by atoms with Gasteiger partial charge in [-0.25, -0.2) is 14.6 Å². The Bertz CT molecular complexity index is 2150. The third-order valence-corrected chi connectivity index (χ3v) is 9.21. The van der Waals surface area contributed by atoms with E-state index in [0.717, 1.165) is 49.9 Å². The fourth-order valence-electron chi connectivity index (χ4n) is 5.77. The molecule has 5 heterocycles. The normalized spacial score (nSPS) is 12.9. The average Bonchev–Trinajstić information content (AvgIpc) is 3.93. The Hall–Kier alpha value is -5.53. The van der Waals surface area contributed by atoms with Gasteiger partial charge in [0.1, 0.15) is 11.4 Å². The van der Waals surface area contributed by atoms with Crippen LogP contribution in [0.1, 0.15) is 32.9 Å². The number of para-hydroxylation sites is 2. The van der Waals surface area contributed by atoms with Gasteiger partial charge in [-0.05, 0) is 35.4 Å². The highest BCUT2D eigenvalue weighted by atomic mass is 32.2. The molecule has 0 aliphatic carbocycles. The van der Waals surface area contributed by atoms with E-state index in [0.29, 0.717) is 48.9 Å². The first-order valence-electron chi connectivity index (χ1n) is 15.1. The van der Waals surface area contributed by atoms with Gasteiger partial charge in [0.25, 0.3) is 5.91 Å². The van der Waals surface area contributed by atoms with Crippen molar-refractivity contribution < 1.29 is 14.3 Å². The molecule has 0 atom stereocenters. The van der Waals surface area contributed by atoms with Crippen LogP contribution in [0.3, 0.4) is 0 Å². The van der Waals surface area contributed by atoms with Crippen LogP contribution in [0.5, 0.6) is 0 Å². The number of imidazole rings is 1. The van der Waals surface area contributed by atoms with Crippen LogP contribution in [0, 0.1) is 0 Å². The lowest BCUT2D eigenvalue weighted by atomic mass is 10.1. The first-order chi connectivity index (χ1) is 23.1. The topological polar surface area (TPSA) is 144 Å². The highest BCUT2D eigenvalue weighted by Gasteiger charge is 2.26. The number of aliphatic hydroxyl groups excluding tert-OH is 1. The molecule has 0 fully saturated rings. The smallest absolute Gasteiger partial charge is 0.254 e. The standard InChI is InChI=1S/C34H29N9O3S/c44-19-30-32(46-21-35-30)24-9-5-22(6-10-24)16-42-17-29(39-40-42)26-15-36-43-14-13-41(18-31(26)43)33(45)25-11-7-23(8-12-25)20-47-34-37-27-3-1-2-4-28(27)38-34/h1-12,15,17,21,44H,13-14,16,18-20H2,(H,37,38). The monoisotopic (exact) mass is 643 g/mol. The number of thioether (sulfide) groups is 1. The number of nitrogens with one attached hydrogen (secondary N) is 1. The summed E-state index contributed by atoms with van der Waals surface area (Å²) < 4.78 is 9.16. The zero-order chi connectivity index (χ0) is 31.7. The summed E-state index contributed by atoms with van der Waals surface area (Å²) in [7, 11) is 0. The molecule has 0 spiro atoms. The maximum atomic E-state index is 13.5. The Kier molecular flexibility index (Phi) is 7.59. The van der Waals surface area contributed by atoms with Crippen molar-refractivity contribution in [2.45, 2.75) is 37.2 Å². The van der Waals surface area contributed by atoms with Crippen molar-refractivity contribution >= 4 is 28.7 Å². The molecule has 3 aromatic carbocycles. The van der Waals surface area contributed by atoms with Crippen LogP contribution in [0.25, 0.3) is 33.6 Å². The van der Waals surface area contributed by atoms with E-state index in [1.54, 1.807) is 22.6 Å². The third-order valence-electron chi connectivity index (χ3n) is 8.27. The van der Waals surface area contributed by atoms with E-state index in [9.17, 15) is 9.90 Å². The molecule has 2 N–H and O–H groups in total. The predicted octanol–water partition coefficient (Wildman–Crippen LogP) is 5.16. The van der Waals surface area contributed by atoms with Gasteiger partial charge >= 0.3 is 0 Å². The number of carbonyl (C=O) groups is 1. The molecule has 1 aliphatic rings. The summed E-state index contributed by atoms with van der Waals surface area (Å²) in [5, 5.41) is 23.7. The minimum atomic E-state index is -0.182. The molecule has 8 rings (SSSR count). The first-order valence-corrected chi connectivity index (χ1v) is 16.1. The molecule has 0 bridgehead atoms. The number of benzene rings is 3. The lowest BCUT2D eigenvalue weighted by molar-refractivity contribution is 0.0706. The van der Waals surface area contributed by atoms with E-state index in [2.05, 4.69) is 30.4 Å². The second-order valence-electron chi connectivity index (χ2n) is 11.3. The van der Waals surface area contributed by atoms with Crippen LogP contribution in [-0.4, -0.2) is 62.2 Å². The number of hydrogen-bond donors (Lipinski definition) is 2. The minimum absolute atomic E-state index is 0.0107. The van der Waals surface area contributed by atoms with Crippen LogP contribution in [-0.2, 0) is 32.0 Å². The number of H-pyrrole nitrogens is 1. The van der Waals surface area contributed by atoms with Gasteiger partial charge in [0.15, 0.2) is 17.3 Å². The molecule has 13 heteroatoms. The Balaban J connectivity index is 0.912. The zero-order valence-corrected chi connectivity index (χ0v) is 26.0. The summed E-state index contributed by atoms with van der Waals surface area (Å²) in [5.74, 6) is 1.30. The van der Waals surface area contributed by atoms with Gasteiger partial charge in [0.2, 0.25) is 0 Å². The van der Waals surface area contributed by atoms with Crippen LogP contribution in [0.4, 0.5) is 0 Å². The predicted molar refractivity (Wildman–Crippen MR) is 175 cm³/mol. The Morgan fingerprint density at radius 3 is 2.66 bits per heavy atom. The molecule has 0 unspecified atom stereocenters. The highest BCUT2D eigenvalue weighted by molar-refractivity contribution is 7.98. The van der Waals surface area contributed by atoms with E-state index in [-0.39, 0.29) is 12.5 Å². The number of fused-ring (bicyclic) bond motifs is 2. The maximum absolute atomic E-state index is 13.5. The summed E-state index contributed by atoms with van der Waals surface area (Å²) in [6, 6.07) is 23.6. The molecule has 12 nitrogen and oxygen atoms in total. The summed E-state index contributed by atoms with van der Waals surface area (Å²) in [4.78, 5) is 27.4. The number of aromatic nitrogens is 8. The molecule has 0 saturated heterocycles. The third kappa shape index (κ3) is 5.82. The summed E-state index contributed by atoms with van der Waals surface area (Å²) in [5.41, 5.74) is 8.64. The van der Waals surface area contributed by atoms with Crippen molar-refractivity contribution in [2.24, 2.45) is 0 Å². The van der Waals surface area contributed by atoms with Gasteiger partial charge in [-0.1, -0.05) is 65.5 Å². The number of rotatable bonds is 9. The maximum Gasteiger partial charge on any atom is 0.254 e. The minimum Gasteiger partial charge on any atom is -0.443 e. The summed E-state index contributed by atoms with van der Waals surface area (Å²) in [6.07, 6.45) is 5.03. The van der Waals surface area contributed by atoms with E-state index >= 15 is 0 Å². The fraction of sp³-hybridized carbons (Fsp3) is 0.176. The second kappa shape index (κ2) is 12.3. The van der Waals surface area contributed by atoms with Gasteiger partial charge in [-0.15, -0.1) is 5.10 Å². The largest absolute Gasteiger partial charge is 0.443 e. The number of carbonyl (C=O) groups excluding carboxylic acids is 1. The Morgan fingerprint density at radius 1 is 1.00 bits per heavy atom. The summed E-state index contributed by atoms with van der Waals surface area (Å²) >= 11 is 1.64. The molecule has 0 saturated carbocycles. The number of hydrogen-bond acceptors (Lipinski definition) is 9. The van der Waals surface area contributed by atoms with E-state index in [4.69, 9.17) is 4.42 Å². The molecule has 1 aliphatic heterocycles. The van der Waals surface area contributed by atoms with E-state index < -0.39 is 0 Å². The van der Waals surface area contributed by atoms with Gasteiger partial charge < -0.3 is 19.4 Å². The Labute approximate surface area is 273 Å². The number of aromatic amines is 1. The lowest BCUT2D eigenvalue weighted by Gasteiger charge is -2.28.